The summed E-state index contributed by atoms with van der Waals surface area (Å²) in [6.07, 6.45) is -4.80. The molecule has 112 valence electrons. The number of nitrogens with zero attached hydrogens (tertiary/aromatic N) is 3. The molecule has 0 atom stereocenters. The lowest BCUT2D eigenvalue weighted by Crippen LogP contribution is -2.19. The molecule has 9 heteroatoms. The van der Waals surface area contributed by atoms with E-state index in [4.69, 9.17) is 0 Å². The highest BCUT2D eigenvalue weighted by Crippen LogP contribution is 2.34. The maximum atomic E-state index is 13.2. The zero-order valence-electron chi connectivity index (χ0n) is 10.7. The number of ether oxygens (including phenoxy) is 1. The van der Waals surface area contributed by atoms with E-state index in [1.807, 2.05) is 0 Å². The number of carbonyl (C=O) groups is 1. The van der Waals surface area contributed by atoms with Crippen LogP contribution in [-0.4, -0.2) is 27.6 Å². The van der Waals surface area contributed by atoms with Crippen LogP contribution in [0.1, 0.15) is 23.1 Å². The first-order valence-corrected chi connectivity index (χ1v) is 6.60. The molecule has 0 aliphatic heterocycles. The third-order valence-corrected chi connectivity index (χ3v) is 3.16. The number of para-hydroxylation sites is 1. The Hall–Kier alpha value is -1.90. The molecule has 0 N–H and O–H groups in total. The summed E-state index contributed by atoms with van der Waals surface area (Å²) >= 11 is 3.14. The van der Waals surface area contributed by atoms with Crippen LogP contribution >= 0.6 is 15.9 Å². The van der Waals surface area contributed by atoms with E-state index in [1.54, 1.807) is 18.2 Å². The van der Waals surface area contributed by atoms with Crippen molar-refractivity contribution in [3.8, 4) is 5.69 Å². The minimum absolute atomic E-state index is 0.0575. The van der Waals surface area contributed by atoms with Gasteiger partial charge in [-0.2, -0.15) is 13.2 Å². The quantitative estimate of drug-likeness (QED) is 0.785. The second-order valence-electron chi connectivity index (χ2n) is 3.87. The monoisotopic (exact) mass is 363 g/mol. The Bertz CT molecular complexity index is 670. The van der Waals surface area contributed by atoms with Gasteiger partial charge in [-0.05, 0) is 35.0 Å². The number of aromatic nitrogens is 3. The highest BCUT2D eigenvalue weighted by Gasteiger charge is 2.42. The maximum absolute atomic E-state index is 13.2. The molecule has 0 spiro atoms. The molecule has 0 amide bonds. The topological polar surface area (TPSA) is 57.0 Å². The van der Waals surface area contributed by atoms with Gasteiger partial charge in [0, 0.05) is 4.47 Å². The Kier molecular flexibility index (Phi) is 4.31. The molecule has 2 rings (SSSR count). The van der Waals surface area contributed by atoms with E-state index in [9.17, 15) is 18.0 Å². The molecule has 0 aliphatic rings. The second kappa shape index (κ2) is 5.84. The van der Waals surface area contributed by atoms with Crippen molar-refractivity contribution in [2.45, 2.75) is 13.1 Å². The molecule has 0 unspecified atom stereocenters. The largest absolute Gasteiger partial charge is 0.461 e. The van der Waals surface area contributed by atoms with Crippen LogP contribution in [0.4, 0.5) is 13.2 Å². The first-order valence-electron chi connectivity index (χ1n) is 5.81. The summed E-state index contributed by atoms with van der Waals surface area (Å²) in [7, 11) is 0. The molecule has 0 radical (unpaired) electrons. The van der Waals surface area contributed by atoms with Crippen molar-refractivity contribution < 1.29 is 22.7 Å². The van der Waals surface area contributed by atoms with E-state index >= 15 is 0 Å². The van der Waals surface area contributed by atoms with Crippen molar-refractivity contribution in [3.05, 3.63) is 40.1 Å². The van der Waals surface area contributed by atoms with Gasteiger partial charge in [-0.1, -0.05) is 17.3 Å². The van der Waals surface area contributed by atoms with Gasteiger partial charge >= 0.3 is 12.1 Å². The summed E-state index contributed by atoms with van der Waals surface area (Å²) in [5.41, 5.74) is -2.01. The van der Waals surface area contributed by atoms with Crippen LogP contribution in [0.2, 0.25) is 0 Å². The molecule has 1 heterocycles. The van der Waals surface area contributed by atoms with Crippen molar-refractivity contribution in [2.24, 2.45) is 0 Å². The van der Waals surface area contributed by atoms with Gasteiger partial charge in [0.15, 0.2) is 5.69 Å². The molecule has 0 aliphatic carbocycles. The lowest BCUT2D eigenvalue weighted by Gasteiger charge is -2.11. The van der Waals surface area contributed by atoms with E-state index in [2.05, 4.69) is 31.0 Å². The Balaban J connectivity index is 2.64. The van der Waals surface area contributed by atoms with Crippen molar-refractivity contribution in [2.75, 3.05) is 6.61 Å². The molecule has 1 aromatic heterocycles. The predicted octanol–water partition coefficient (Wildman–Crippen LogP) is 3.23. The van der Waals surface area contributed by atoms with E-state index in [0.29, 0.717) is 9.15 Å². The van der Waals surface area contributed by atoms with Gasteiger partial charge < -0.3 is 4.74 Å². The minimum Gasteiger partial charge on any atom is -0.461 e. The molecule has 21 heavy (non-hydrogen) atoms. The van der Waals surface area contributed by atoms with Gasteiger partial charge in [0.1, 0.15) is 0 Å². The molecule has 0 saturated carbocycles. The molecule has 0 fully saturated rings. The van der Waals surface area contributed by atoms with Crippen LogP contribution in [0.3, 0.4) is 0 Å². The average Bonchev–Trinajstić information content (AvgIpc) is 2.84. The Morgan fingerprint density at radius 2 is 2.05 bits per heavy atom. The average molecular weight is 364 g/mol. The number of hydrogen-bond donors (Lipinski definition) is 0. The van der Waals surface area contributed by atoms with Crippen LogP contribution in [0, 0.1) is 0 Å². The molecule has 1 aromatic carbocycles. The minimum atomic E-state index is -4.80. The fraction of sp³-hybridized carbons (Fsp3) is 0.250. The lowest BCUT2D eigenvalue weighted by molar-refractivity contribution is -0.143. The van der Waals surface area contributed by atoms with Crippen LogP contribution in [0.15, 0.2) is 28.7 Å². The predicted molar refractivity (Wildman–Crippen MR) is 70.0 cm³/mol. The van der Waals surface area contributed by atoms with Crippen LogP contribution < -0.4 is 0 Å². The molecule has 0 bridgehead atoms. The van der Waals surface area contributed by atoms with Gasteiger partial charge in [-0.25, -0.2) is 9.48 Å². The van der Waals surface area contributed by atoms with E-state index in [0.717, 1.165) is 0 Å². The summed E-state index contributed by atoms with van der Waals surface area (Å²) in [6, 6.07) is 6.17. The van der Waals surface area contributed by atoms with Crippen molar-refractivity contribution in [1.82, 2.24) is 15.0 Å². The summed E-state index contributed by atoms with van der Waals surface area (Å²) in [4.78, 5) is 11.6. The zero-order valence-corrected chi connectivity index (χ0v) is 12.3. The number of alkyl halides is 3. The molecule has 5 nitrogen and oxygen atoms in total. The van der Waals surface area contributed by atoms with Crippen LogP contribution in [0.25, 0.3) is 5.69 Å². The number of benzene rings is 1. The molecule has 2 aromatic rings. The number of halogens is 4. The van der Waals surface area contributed by atoms with E-state index < -0.39 is 23.5 Å². The van der Waals surface area contributed by atoms with Crippen molar-refractivity contribution in [1.29, 1.82) is 0 Å². The van der Waals surface area contributed by atoms with Crippen LogP contribution in [-0.2, 0) is 10.9 Å². The van der Waals surface area contributed by atoms with E-state index in [-0.39, 0.29) is 12.3 Å². The van der Waals surface area contributed by atoms with Gasteiger partial charge in [-0.3, -0.25) is 0 Å². The SMILES string of the molecule is CCOC(=O)c1nnn(-c2ccccc2Br)c1C(F)(F)F. The zero-order chi connectivity index (χ0) is 15.6. The van der Waals surface area contributed by atoms with Gasteiger partial charge in [0.25, 0.3) is 0 Å². The Labute approximate surface area is 125 Å². The third-order valence-electron chi connectivity index (χ3n) is 2.49. The first kappa shape index (κ1) is 15.5. The van der Waals surface area contributed by atoms with E-state index in [1.165, 1.54) is 13.0 Å². The third kappa shape index (κ3) is 3.07. The summed E-state index contributed by atoms with van der Waals surface area (Å²) in [5, 5.41) is 6.75. The first-order chi connectivity index (χ1) is 9.86. The lowest BCUT2D eigenvalue weighted by atomic mass is 10.2. The normalized spacial score (nSPS) is 11.5. The van der Waals surface area contributed by atoms with Crippen molar-refractivity contribution in [3.63, 3.8) is 0 Å². The highest BCUT2D eigenvalue weighted by atomic mass is 79.9. The Morgan fingerprint density at radius 3 is 2.62 bits per heavy atom. The highest BCUT2D eigenvalue weighted by molar-refractivity contribution is 9.10. The molecular formula is C12H9BrF3N3O2. The number of carbonyl (C=O) groups excluding carboxylic acids is 1. The summed E-state index contributed by atoms with van der Waals surface area (Å²) in [5.74, 6) is -1.16. The smallest absolute Gasteiger partial charge is 0.436 e. The second-order valence-corrected chi connectivity index (χ2v) is 4.72. The number of hydrogen-bond acceptors (Lipinski definition) is 4. The maximum Gasteiger partial charge on any atom is 0.436 e. The van der Waals surface area contributed by atoms with Gasteiger partial charge in [0.05, 0.1) is 12.3 Å². The molecular weight excluding hydrogens is 355 g/mol. The van der Waals surface area contributed by atoms with Crippen molar-refractivity contribution >= 4 is 21.9 Å². The van der Waals surface area contributed by atoms with Crippen LogP contribution in [0.5, 0.6) is 0 Å². The summed E-state index contributed by atoms with van der Waals surface area (Å²) in [6.45, 7) is 1.43. The number of rotatable bonds is 3. The molecule has 0 saturated heterocycles. The van der Waals surface area contributed by atoms with Gasteiger partial charge in [0.2, 0.25) is 5.69 Å². The fourth-order valence-electron chi connectivity index (χ4n) is 1.67. The Morgan fingerprint density at radius 1 is 1.38 bits per heavy atom. The summed E-state index contributed by atoms with van der Waals surface area (Å²) < 4.78 is 45.2. The fourth-order valence-corrected chi connectivity index (χ4v) is 2.12. The standard InChI is InChI=1S/C12H9BrF3N3O2/c1-2-21-11(20)9-10(12(14,15)16)19(18-17-9)8-6-4-3-5-7(8)13/h3-6H,2H2,1H3. The number of esters is 1. The van der Waals surface area contributed by atoms with Gasteiger partial charge in [-0.15, -0.1) is 5.10 Å².